The first-order valence-corrected chi connectivity index (χ1v) is 11.8. The molecule has 1 saturated heterocycles. The molecule has 34 heavy (non-hydrogen) atoms. The van der Waals surface area contributed by atoms with Crippen LogP contribution < -0.4 is 20.3 Å². The molecule has 1 aliphatic heterocycles. The number of morpholine rings is 1. The van der Waals surface area contributed by atoms with Gasteiger partial charge in [-0.3, -0.25) is 4.79 Å². The van der Waals surface area contributed by atoms with Crippen molar-refractivity contribution in [2.75, 3.05) is 43.1 Å². The first kappa shape index (κ1) is 24.4. The molecule has 2 fully saturated rings. The fraction of sp³-hybridized carbons (Fsp3) is 0.522. The van der Waals surface area contributed by atoms with E-state index in [0.29, 0.717) is 43.6 Å². The predicted molar refractivity (Wildman–Crippen MR) is 125 cm³/mol. The van der Waals surface area contributed by atoms with Gasteiger partial charge in [-0.15, -0.1) is 0 Å². The highest BCUT2D eigenvalue weighted by molar-refractivity contribution is 6.31. The lowest BCUT2D eigenvalue weighted by Crippen LogP contribution is -2.41. The first-order valence-electron chi connectivity index (χ1n) is 11.4. The summed E-state index contributed by atoms with van der Waals surface area (Å²) in [7, 11) is 0. The summed E-state index contributed by atoms with van der Waals surface area (Å²) in [5.74, 6) is -0.316. The zero-order valence-electron chi connectivity index (χ0n) is 18.7. The molecule has 4 rings (SSSR count). The number of amides is 1. The van der Waals surface area contributed by atoms with Crippen molar-refractivity contribution >= 4 is 34.8 Å². The second-order valence-electron chi connectivity index (χ2n) is 8.46. The maximum absolute atomic E-state index is 12.4. The molecule has 1 aromatic carbocycles. The summed E-state index contributed by atoms with van der Waals surface area (Å²) in [6, 6.07) is 7.79. The summed E-state index contributed by atoms with van der Waals surface area (Å²) in [4.78, 5) is 22.1. The van der Waals surface area contributed by atoms with Crippen LogP contribution in [0.4, 0.5) is 26.1 Å². The van der Waals surface area contributed by atoms with Gasteiger partial charge in [-0.1, -0.05) is 17.7 Å². The predicted octanol–water partition coefficient (Wildman–Crippen LogP) is 4.03. The SMILES string of the molecule is O=C(NC1CCC(COc2nc(Nc3cccc(N4CCOCC4)c3)ncc2Cl)CC1)C(F)F. The molecular weight excluding hydrogens is 468 g/mol. The van der Waals surface area contributed by atoms with Crippen molar-refractivity contribution in [1.82, 2.24) is 15.3 Å². The standard InChI is InChI=1S/C23H28ClF2N5O3/c24-19-13-27-23(29-17-2-1-3-18(12-17)31-8-10-33-11-9-31)30-22(19)34-14-15-4-6-16(7-5-15)28-21(32)20(25)26/h1-3,12-13,15-16,20H,4-11,14H2,(H,28,32)(H,27,29,30). The molecule has 0 bridgehead atoms. The van der Waals surface area contributed by atoms with E-state index in [-0.39, 0.29) is 17.8 Å². The maximum atomic E-state index is 12.4. The van der Waals surface area contributed by atoms with Gasteiger partial charge in [-0.05, 0) is 49.8 Å². The number of nitrogens with one attached hydrogen (secondary N) is 2. The molecule has 2 aromatic rings. The fourth-order valence-electron chi connectivity index (χ4n) is 4.18. The molecular formula is C23H28ClF2N5O3. The Hall–Kier alpha value is -2.72. The van der Waals surface area contributed by atoms with Crippen molar-refractivity contribution in [2.45, 2.75) is 38.2 Å². The van der Waals surface area contributed by atoms with Crippen molar-refractivity contribution < 1.29 is 23.0 Å². The van der Waals surface area contributed by atoms with E-state index >= 15 is 0 Å². The topological polar surface area (TPSA) is 88.6 Å². The molecule has 2 aliphatic rings. The molecule has 1 amide bonds. The monoisotopic (exact) mass is 495 g/mol. The summed E-state index contributed by atoms with van der Waals surface area (Å²) in [5, 5.41) is 5.90. The van der Waals surface area contributed by atoms with Crippen LogP contribution in [-0.2, 0) is 9.53 Å². The van der Waals surface area contributed by atoms with Gasteiger partial charge in [-0.25, -0.2) is 4.98 Å². The van der Waals surface area contributed by atoms with Gasteiger partial charge in [0.1, 0.15) is 5.02 Å². The number of aromatic nitrogens is 2. The number of ether oxygens (including phenoxy) is 2. The van der Waals surface area contributed by atoms with Crippen molar-refractivity contribution in [3.63, 3.8) is 0 Å². The molecule has 184 valence electrons. The Labute approximate surface area is 202 Å². The average Bonchev–Trinajstić information content (AvgIpc) is 2.86. The number of hydrogen-bond donors (Lipinski definition) is 2. The Balaban J connectivity index is 1.30. The van der Waals surface area contributed by atoms with Crippen molar-refractivity contribution in [2.24, 2.45) is 5.92 Å². The summed E-state index contributed by atoms with van der Waals surface area (Å²) < 4.78 is 36.1. The second kappa shape index (κ2) is 11.6. The maximum Gasteiger partial charge on any atom is 0.315 e. The van der Waals surface area contributed by atoms with Gasteiger partial charge in [0.15, 0.2) is 0 Å². The quantitative estimate of drug-likeness (QED) is 0.571. The number of benzene rings is 1. The highest BCUT2D eigenvalue weighted by Gasteiger charge is 2.26. The van der Waals surface area contributed by atoms with Crippen LogP contribution in [0.2, 0.25) is 5.02 Å². The number of halogens is 3. The molecule has 0 atom stereocenters. The highest BCUT2D eigenvalue weighted by atomic mass is 35.5. The van der Waals surface area contributed by atoms with E-state index in [9.17, 15) is 13.6 Å². The van der Waals surface area contributed by atoms with Gasteiger partial charge in [-0.2, -0.15) is 13.8 Å². The van der Waals surface area contributed by atoms with E-state index in [1.807, 2.05) is 18.2 Å². The molecule has 0 radical (unpaired) electrons. The number of anilines is 3. The Morgan fingerprint density at radius 2 is 2.00 bits per heavy atom. The number of nitrogens with zero attached hydrogens (tertiary/aromatic N) is 3. The van der Waals surface area contributed by atoms with Crippen LogP contribution >= 0.6 is 11.6 Å². The minimum absolute atomic E-state index is 0.218. The third kappa shape index (κ3) is 6.66. The van der Waals surface area contributed by atoms with E-state index in [2.05, 4.69) is 31.6 Å². The molecule has 1 aromatic heterocycles. The zero-order chi connectivity index (χ0) is 23.9. The molecule has 2 N–H and O–H groups in total. The third-order valence-electron chi connectivity index (χ3n) is 6.04. The fourth-order valence-corrected chi connectivity index (χ4v) is 4.32. The highest BCUT2D eigenvalue weighted by Crippen LogP contribution is 2.29. The van der Waals surface area contributed by atoms with E-state index < -0.39 is 12.3 Å². The minimum atomic E-state index is -2.98. The summed E-state index contributed by atoms with van der Waals surface area (Å²) in [6.45, 7) is 3.52. The van der Waals surface area contributed by atoms with Gasteiger partial charge in [0, 0.05) is 30.5 Å². The Bertz CT molecular complexity index is 969. The summed E-state index contributed by atoms with van der Waals surface area (Å²) in [5.41, 5.74) is 1.94. The second-order valence-corrected chi connectivity index (χ2v) is 8.87. The van der Waals surface area contributed by atoms with Crippen LogP contribution in [0.1, 0.15) is 25.7 Å². The lowest BCUT2D eigenvalue weighted by molar-refractivity contribution is -0.132. The van der Waals surface area contributed by atoms with Crippen molar-refractivity contribution in [3.8, 4) is 5.88 Å². The van der Waals surface area contributed by atoms with Crippen LogP contribution in [0.5, 0.6) is 5.88 Å². The van der Waals surface area contributed by atoms with Gasteiger partial charge in [0.05, 0.1) is 26.0 Å². The van der Waals surface area contributed by atoms with Crippen LogP contribution in [0.15, 0.2) is 30.5 Å². The van der Waals surface area contributed by atoms with Crippen LogP contribution in [0, 0.1) is 5.92 Å². The van der Waals surface area contributed by atoms with Crippen LogP contribution in [0.3, 0.4) is 0 Å². The lowest BCUT2D eigenvalue weighted by Gasteiger charge is -2.29. The van der Waals surface area contributed by atoms with E-state index in [1.54, 1.807) is 0 Å². The number of carbonyl (C=O) groups excluding carboxylic acids is 1. The number of carbonyl (C=O) groups is 1. The number of alkyl halides is 2. The average molecular weight is 496 g/mol. The first-order chi connectivity index (χ1) is 16.5. The summed E-state index contributed by atoms with van der Waals surface area (Å²) >= 11 is 6.24. The Morgan fingerprint density at radius 3 is 2.74 bits per heavy atom. The molecule has 2 heterocycles. The van der Waals surface area contributed by atoms with E-state index in [4.69, 9.17) is 21.1 Å². The van der Waals surface area contributed by atoms with Crippen LogP contribution in [0.25, 0.3) is 0 Å². The van der Waals surface area contributed by atoms with Gasteiger partial charge in [0.2, 0.25) is 11.8 Å². The van der Waals surface area contributed by atoms with E-state index in [0.717, 1.165) is 37.3 Å². The molecule has 1 saturated carbocycles. The number of rotatable bonds is 8. The lowest BCUT2D eigenvalue weighted by atomic mass is 9.86. The van der Waals surface area contributed by atoms with Crippen molar-refractivity contribution in [1.29, 1.82) is 0 Å². The molecule has 11 heteroatoms. The molecule has 0 unspecified atom stereocenters. The smallest absolute Gasteiger partial charge is 0.315 e. The van der Waals surface area contributed by atoms with Gasteiger partial charge in [0.25, 0.3) is 5.91 Å². The minimum Gasteiger partial charge on any atom is -0.476 e. The Kier molecular flexibility index (Phi) is 8.34. The van der Waals surface area contributed by atoms with Gasteiger partial charge >= 0.3 is 6.43 Å². The molecule has 8 nitrogen and oxygen atoms in total. The third-order valence-corrected chi connectivity index (χ3v) is 6.30. The molecule has 1 aliphatic carbocycles. The van der Waals surface area contributed by atoms with E-state index in [1.165, 1.54) is 6.20 Å². The largest absolute Gasteiger partial charge is 0.476 e. The normalized spacial score (nSPS) is 20.8. The number of hydrogen-bond acceptors (Lipinski definition) is 7. The van der Waals surface area contributed by atoms with Crippen molar-refractivity contribution in [3.05, 3.63) is 35.5 Å². The van der Waals surface area contributed by atoms with Crippen LogP contribution in [-0.4, -0.2) is 61.3 Å². The summed E-state index contributed by atoms with van der Waals surface area (Å²) in [6.07, 6.45) is 1.30. The molecule has 0 spiro atoms. The van der Waals surface area contributed by atoms with Gasteiger partial charge < -0.3 is 25.0 Å². The Morgan fingerprint density at radius 1 is 1.24 bits per heavy atom. The zero-order valence-corrected chi connectivity index (χ0v) is 19.4.